The van der Waals surface area contributed by atoms with Crippen LogP contribution in [0, 0.1) is 5.92 Å². The molecular formula is C19H20ClNO4. The minimum atomic E-state index is -0.806. The predicted octanol–water partition coefficient (Wildman–Crippen LogP) is 2.75. The summed E-state index contributed by atoms with van der Waals surface area (Å²) in [6.45, 7) is 0.444. The molecule has 1 heterocycles. The molecule has 3 rings (SSSR count). The van der Waals surface area contributed by atoms with E-state index in [0.29, 0.717) is 23.6 Å². The fourth-order valence-electron chi connectivity index (χ4n) is 2.84. The van der Waals surface area contributed by atoms with Crippen molar-refractivity contribution >= 4 is 17.5 Å². The maximum Gasteiger partial charge on any atom is 0.226 e. The number of amides is 1. The molecule has 132 valence electrons. The standard InChI is InChI=1S/C19H20ClNO4/c1-24-16-5-6-18-13(9-16)7-14(11-25-18)19(23)21-10-17(22)12-3-2-4-15(20)8-12/h2-6,8-9,14,17,22H,7,10-11H2,1H3,(H,21,23)/t14?,17-/m1/s1. The lowest BCUT2D eigenvalue weighted by Gasteiger charge is -2.25. The van der Waals surface area contributed by atoms with E-state index in [4.69, 9.17) is 21.1 Å². The molecular weight excluding hydrogens is 342 g/mol. The molecule has 6 heteroatoms. The monoisotopic (exact) mass is 361 g/mol. The van der Waals surface area contributed by atoms with Crippen LogP contribution in [0.3, 0.4) is 0 Å². The average Bonchev–Trinajstić information content (AvgIpc) is 2.64. The van der Waals surface area contributed by atoms with Crippen molar-refractivity contribution in [3.8, 4) is 11.5 Å². The Hall–Kier alpha value is -2.24. The zero-order valence-corrected chi connectivity index (χ0v) is 14.6. The van der Waals surface area contributed by atoms with E-state index in [2.05, 4.69) is 5.32 Å². The summed E-state index contributed by atoms with van der Waals surface area (Å²) in [5, 5.41) is 13.5. The average molecular weight is 362 g/mol. The lowest BCUT2D eigenvalue weighted by molar-refractivity contribution is -0.126. The Bertz CT molecular complexity index is 765. The highest BCUT2D eigenvalue weighted by Crippen LogP contribution is 2.30. The van der Waals surface area contributed by atoms with Gasteiger partial charge >= 0.3 is 0 Å². The van der Waals surface area contributed by atoms with Gasteiger partial charge in [-0.3, -0.25) is 4.79 Å². The van der Waals surface area contributed by atoms with Gasteiger partial charge < -0.3 is 19.9 Å². The fraction of sp³-hybridized carbons (Fsp3) is 0.316. The molecule has 0 bridgehead atoms. The molecule has 2 aromatic carbocycles. The van der Waals surface area contributed by atoms with Crippen LogP contribution in [0.5, 0.6) is 11.5 Å². The third kappa shape index (κ3) is 4.24. The van der Waals surface area contributed by atoms with Crippen molar-refractivity contribution < 1.29 is 19.4 Å². The number of halogens is 1. The molecule has 1 aliphatic heterocycles. The molecule has 0 fully saturated rings. The molecule has 1 aliphatic rings. The van der Waals surface area contributed by atoms with E-state index in [1.54, 1.807) is 31.4 Å². The number of hydrogen-bond acceptors (Lipinski definition) is 4. The minimum Gasteiger partial charge on any atom is -0.497 e. The lowest BCUT2D eigenvalue weighted by Crippen LogP contribution is -2.39. The van der Waals surface area contributed by atoms with E-state index in [-0.39, 0.29) is 18.4 Å². The molecule has 0 spiro atoms. The molecule has 1 amide bonds. The van der Waals surface area contributed by atoms with Crippen LogP contribution < -0.4 is 14.8 Å². The van der Waals surface area contributed by atoms with Crippen molar-refractivity contribution in [2.24, 2.45) is 5.92 Å². The first-order chi connectivity index (χ1) is 12.1. The number of carbonyl (C=O) groups is 1. The first kappa shape index (κ1) is 17.6. The number of methoxy groups -OCH3 is 1. The number of rotatable bonds is 5. The zero-order valence-electron chi connectivity index (χ0n) is 13.9. The predicted molar refractivity (Wildman–Crippen MR) is 95.1 cm³/mol. The molecule has 2 aromatic rings. The van der Waals surface area contributed by atoms with Crippen molar-refractivity contribution in [2.45, 2.75) is 12.5 Å². The third-order valence-electron chi connectivity index (χ3n) is 4.25. The van der Waals surface area contributed by atoms with Gasteiger partial charge in [0.1, 0.15) is 18.1 Å². The maximum absolute atomic E-state index is 12.4. The number of carbonyl (C=O) groups excluding carboxylic acids is 1. The van der Waals surface area contributed by atoms with Crippen LogP contribution in [0.1, 0.15) is 17.2 Å². The van der Waals surface area contributed by atoms with Gasteiger partial charge in [-0.05, 0) is 47.9 Å². The number of fused-ring (bicyclic) bond motifs is 1. The summed E-state index contributed by atoms with van der Waals surface area (Å²) in [5.41, 5.74) is 1.61. The van der Waals surface area contributed by atoms with Gasteiger partial charge in [-0.25, -0.2) is 0 Å². The molecule has 0 radical (unpaired) electrons. The summed E-state index contributed by atoms with van der Waals surface area (Å²) in [4.78, 5) is 12.4. The van der Waals surface area contributed by atoms with E-state index >= 15 is 0 Å². The maximum atomic E-state index is 12.4. The summed E-state index contributed by atoms with van der Waals surface area (Å²) >= 11 is 5.92. The Morgan fingerprint density at radius 3 is 3.00 bits per heavy atom. The molecule has 5 nitrogen and oxygen atoms in total. The van der Waals surface area contributed by atoms with Gasteiger partial charge in [-0.2, -0.15) is 0 Å². The highest BCUT2D eigenvalue weighted by atomic mass is 35.5. The van der Waals surface area contributed by atoms with Crippen molar-refractivity contribution in [3.05, 3.63) is 58.6 Å². The largest absolute Gasteiger partial charge is 0.497 e. The normalized spacial score (nSPS) is 17.2. The summed E-state index contributed by atoms with van der Waals surface area (Å²) in [5.74, 6) is 1.07. The van der Waals surface area contributed by atoms with Gasteiger partial charge in [0, 0.05) is 11.6 Å². The van der Waals surface area contributed by atoms with Crippen molar-refractivity contribution in [1.82, 2.24) is 5.32 Å². The first-order valence-electron chi connectivity index (χ1n) is 8.08. The van der Waals surface area contributed by atoms with E-state index < -0.39 is 6.10 Å². The van der Waals surface area contributed by atoms with E-state index in [1.165, 1.54) is 0 Å². The smallest absolute Gasteiger partial charge is 0.226 e. The highest BCUT2D eigenvalue weighted by molar-refractivity contribution is 6.30. The van der Waals surface area contributed by atoms with Gasteiger partial charge in [-0.15, -0.1) is 0 Å². The van der Waals surface area contributed by atoms with Gasteiger partial charge in [-0.1, -0.05) is 23.7 Å². The van der Waals surface area contributed by atoms with Crippen LogP contribution in [0.2, 0.25) is 5.02 Å². The number of hydrogen-bond donors (Lipinski definition) is 2. The summed E-state index contributed by atoms with van der Waals surface area (Å²) < 4.78 is 10.9. The molecule has 2 N–H and O–H groups in total. The van der Waals surface area contributed by atoms with Gasteiger partial charge in [0.15, 0.2) is 0 Å². The van der Waals surface area contributed by atoms with Crippen molar-refractivity contribution in [3.63, 3.8) is 0 Å². The molecule has 0 aliphatic carbocycles. The van der Waals surface area contributed by atoms with Crippen LogP contribution in [0.15, 0.2) is 42.5 Å². The van der Waals surface area contributed by atoms with Gasteiger partial charge in [0.05, 0.1) is 19.1 Å². The molecule has 0 saturated heterocycles. The Morgan fingerprint density at radius 2 is 2.24 bits per heavy atom. The first-order valence-corrected chi connectivity index (χ1v) is 8.45. The molecule has 2 atom stereocenters. The molecule has 25 heavy (non-hydrogen) atoms. The second kappa shape index (κ2) is 7.76. The summed E-state index contributed by atoms with van der Waals surface area (Å²) in [6.07, 6.45) is -0.231. The fourth-order valence-corrected chi connectivity index (χ4v) is 3.04. The number of ether oxygens (including phenoxy) is 2. The van der Waals surface area contributed by atoms with E-state index in [0.717, 1.165) is 17.1 Å². The van der Waals surface area contributed by atoms with Gasteiger partial charge in [0.25, 0.3) is 0 Å². The van der Waals surface area contributed by atoms with Crippen LogP contribution in [-0.2, 0) is 11.2 Å². The Morgan fingerprint density at radius 1 is 1.40 bits per heavy atom. The second-order valence-electron chi connectivity index (χ2n) is 6.00. The van der Waals surface area contributed by atoms with Gasteiger partial charge in [0.2, 0.25) is 5.91 Å². The minimum absolute atomic E-state index is 0.126. The SMILES string of the molecule is COc1ccc2c(c1)CC(C(=O)NC[C@@H](O)c1cccc(Cl)c1)CO2. The Balaban J connectivity index is 1.58. The topological polar surface area (TPSA) is 67.8 Å². The van der Waals surface area contributed by atoms with Crippen molar-refractivity contribution in [2.75, 3.05) is 20.3 Å². The van der Waals surface area contributed by atoms with E-state index in [9.17, 15) is 9.90 Å². The zero-order chi connectivity index (χ0) is 17.8. The summed E-state index contributed by atoms with van der Waals surface area (Å²) in [7, 11) is 1.60. The number of benzene rings is 2. The molecule has 0 saturated carbocycles. The summed E-state index contributed by atoms with van der Waals surface area (Å²) in [6, 6.07) is 12.5. The Kier molecular flexibility index (Phi) is 5.46. The van der Waals surface area contributed by atoms with Crippen molar-refractivity contribution in [1.29, 1.82) is 0 Å². The van der Waals surface area contributed by atoms with Crippen LogP contribution in [0.4, 0.5) is 0 Å². The molecule has 1 unspecified atom stereocenters. The van der Waals surface area contributed by atoms with Crippen LogP contribution in [0.25, 0.3) is 0 Å². The second-order valence-corrected chi connectivity index (χ2v) is 6.44. The molecule has 0 aromatic heterocycles. The Labute approximate surface area is 151 Å². The van der Waals surface area contributed by atoms with Crippen LogP contribution in [-0.4, -0.2) is 31.3 Å². The van der Waals surface area contributed by atoms with E-state index in [1.807, 2.05) is 18.2 Å². The number of aliphatic hydroxyl groups excluding tert-OH is 1. The number of aliphatic hydroxyl groups is 1. The quantitative estimate of drug-likeness (QED) is 0.859. The lowest BCUT2D eigenvalue weighted by atomic mass is 9.95. The number of nitrogens with one attached hydrogen (secondary N) is 1. The highest BCUT2D eigenvalue weighted by Gasteiger charge is 2.26. The van der Waals surface area contributed by atoms with Crippen LogP contribution >= 0.6 is 11.6 Å². The third-order valence-corrected chi connectivity index (χ3v) is 4.48.